The molecule has 0 radical (unpaired) electrons. The summed E-state index contributed by atoms with van der Waals surface area (Å²) in [5, 5.41) is 18.2. The number of hydrogen-bond donors (Lipinski definition) is 4. The van der Waals surface area contributed by atoms with Crippen LogP contribution in [0.25, 0.3) is 11.1 Å². The molecule has 6 nitrogen and oxygen atoms in total. The molecule has 2 heterocycles. The molecule has 8 heteroatoms. The minimum atomic E-state index is -0.879. The first-order chi connectivity index (χ1) is 12.0. The summed E-state index contributed by atoms with van der Waals surface area (Å²) in [5.41, 5.74) is 6.73. The molecule has 0 bridgehead atoms. The van der Waals surface area contributed by atoms with E-state index in [2.05, 4.69) is 10.6 Å². The topological polar surface area (TPSA) is 104 Å². The molecule has 2 amide bonds. The van der Waals surface area contributed by atoms with Crippen molar-refractivity contribution < 1.29 is 14.7 Å². The van der Waals surface area contributed by atoms with Gasteiger partial charge in [0, 0.05) is 18.7 Å². The second-order valence-corrected chi connectivity index (χ2v) is 7.24. The Morgan fingerprint density at radius 2 is 2.00 bits per heavy atom. The van der Waals surface area contributed by atoms with Crippen molar-refractivity contribution in [2.24, 2.45) is 5.73 Å². The first-order valence-corrected chi connectivity index (χ1v) is 9.05. The monoisotopic (exact) mass is 395 g/mol. The SMILES string of the molecule is Cl.NC(=O)c1cc(-c2ccc(C(=O)NCC3(O)CCCNC3)cc2)cs1. The fraction of sp³-hybridized carbons (Fsp3) is 0.333. The summed E-state index contributed by atoms with van der Waals surface area (Å²) in [6.45, 7) is 1.62. The van der Waals surface area contributed by atoms with Crippen LogP contribution in [0.1, 0.15) is 32.9 Å². The lowest BCUT2D eigenvalue weighted by Gasteiger charge is -2.32. The minimum Gasteiger partial charge on any atom is -0.387 e. The molecule has 0 spiro atoms. The molecule has 26 heavy (non-hydrogen) atoms. The molecule has 1 aromatic heterocycles. The van der Waals surface area contributed by atoms with E-state index in [1.165, 1.54) is 11.3 Å². The molecule has 1 aliphatic heterocycles. The molecule has 1 aliphatic rings. The van der Waals surface area contributed by atoms with Crippen molar-refractivity contribution in [3.8, 4) is 11.1 Å². The van der Waals surface area contributed by atoms with Crippen LogP contribution >= 0.6 is 23.7 Å². The number of benzene rings is 1. The van der Waals surface area contributed by atoms with Crippen LogP contribution in [0.15, 0.2) is 35.7 Å². The highest BCUT2D eigenvalue weighted by Gasteiger charge is 2.29. The molecule has 5 N–H and O–H groups in total. The predicted molar refractivity (Wildman–Crippen MR) is 105 cm³/mol. The third-order valence-corrected chi connectivity index (χ3v) is 5.30. The minimum absolute atomic E-state index is 0. The highest BCUT2D eigenvalue weighted by molar-refractivity contribution is 7.12. The lowest BCUT2D eigenvalue weighted by atomic mass is 9.94. The smallest absolute Gasteiger partial charge is 0.258 e. The van der Waals surface area contributed by atoms with Crippen molar-refractivity contribution in [1.82, 2.24) is 10.6 Å². The zero-order valence-electron chi connectivity index (χ0n) is 14.2. The number of nitrogens with two attached hydrogens (primary N) is 1. The number of carbonyl (C=O) groups is 2. The van der Waals surface area contributed by atoms with Crippen molar-refractivity contribution in [3.63, 3.8) is 0 Å². The Hall–Kier alpha value is -1.93. The van der Waals surface area contributed by atoms with Gasteiger partial charge in [0.25, 0.3) is 11.8 Å². The van der Waals surface area contributed by atoms with E-state index in [1.54, 1.807) is 18.2 Å². The Kier molecular flexibility index (Phi) is 6.77. The van der Waals surface area contributed by atoms with Crippen LogP contribution in [0.5, 0.6) is 0 Å². The normalized spacial score (nSPS) is 19.4. The average molecular weight is 396 g/mol. The first kappa shape index (κ1) is 20.4. The zero-order valence-corrected chi connectivity index (χ0v) is 15.8. The van der Waals surface area contributed by atoms with Gasteiger partial charge in [-0.15, -0.1) is 23.7 Å². The molecule has 1 fully saturated rings. The van der Waals surface area contributed by atoms with Gasteiger partial charge in [-0.1, -0.05) is 12.1 Å². The fourth-order valence-corrected chi connectivity index (χ4v) is 3.65. The van der Waals surface area contributed by atoms with Gasteiger partial charge >= 0.3 is 0 Å². The van der Waals surface area contributed by atoms with Gasteiger partial charge in [-0.3, -0.25) is 9.59 Å². The lowest BCUT2D eigenvalue weighted by molar-refractivity contribution is 0.0170. The van der Waals surface area contributed by atoms with E-state index in [1.807, 2.05) is 17.5 Å². The number of aliphatic hydroxyl groups is 1. The van der Waals surface area contributed by atoms with Crippen LogP contribution in [-0.2, 0) is 0 Å². The van der Waals surface area contributed by atoms with Crippen LogP contribution in [0.4, 0.5) is 0 Å². The van der Waals surface area contributed by atoms with E-state index in [4.69, 9.17) is 5.73 Å². The maximum Gasteiger partial charge on any atom is 0.258 e. The van der Waals surface area contributed by atoms with Crippen molar-refractivity contribution in [2.45, 2.75) is 18.4 Å². The number of piperidine rings is 1. The number of amides is 2. The summed E-state index contributed by atoms with van der Waals surface area (Å²) in [7, 11) is 0. The summed E-state index contributed by atoms with van der Waals surface area (Å²) in [4.78, 5) is 23.9. The van der Waals surface area contributed by atoms with Gasteiger partial charge in [-0.05, 0) is 54.1 Å². The van der Waals surface area contributed by atoms with Gasteiger partial charge in [-0.2, -0.15) is 0 Å². The quantitative estimate of drug-likeness (QED) is 0.619. The predicted octanol–water partition coefficient (Wildman–Crippen LogP) is 1.78. The van der Waals surface area contributed by atoms with Crippen LogP contribution in [0.3, 0.4) is 0 Å². The number of carbonyl (C=O) groups excluding carboxylic acids is 2. The maximum atomic E-state index is 12.3. The molecule has 0 aliphatic carbocycles. The van der Waals surface area contributed by atoms with Gasteiger partial charge < -0.3 is 21.5 Å². The highest BCUT2D eigenvalue weighted by Crippen LogP contribution is 2.25. The van der Waals surface area contributed by atoms with Gasteiger partial charge in [0.1, 0.15) is 0 Å². The third-order valence-electron chi connectivity index (χ3n) is 4.35. The number of β-amino-alcohol motifs (C(OH)–C–C–N with tert-alkyl or cyclic N) is 1. The Balaban J connectivity index is 0.00000243. The van der Waals surface area contributed by atoms with Crippen LogP contribution in [0.2, 0.25) is 0 Å². The summed E-state index contributed by atoms with van der Waals surface area (Å²) in [5.74, 6) is -0.656. The van der Waals surface area contributed by atoms with Gasteiger partial charge in [-0.25, -0.2) is 0 Å². The first-order valence-electron chi connectivity index (χ1n) is 8.17. The van der Waals surface area contributed by atoms with Crippen molar-refractivity contribution in [1.29, 1.82) is 0 Å². The Labute approximate surface area is 162 Å². The van der Waals surface area contributed by atoms with Crippen molar-refractivity contribution in [2.75, 3.05) is 19.6 Å². The van der Waals surface area contributed by atoms with E-state index >= 15 is 0 Å². The summed E-state index contributed by atoms with van der Waals surface area (Å²) in [6, 6.07) is 8.87. The average Bonchev–Trinajstić information content (AvgIpc) is 3.11. The molecule has 1 saturated heterocycles. The molecular weight excluding hydrogens is 374 g/mol. The summed E-state index contributed by atoms with van der Waals surface area (Å²) < 4.78 is 0. The van der Waals surface area contributed by atoms with Crippen LogP contribution < -0.4 is 16.4 Å². The number of thiophene rings is 1. The molecular formula is C18H22ClN3O3S. The molecule has 1 unspecified atom stereocenters. The molecule has 2 aromatic rings. The lowest BCUT2D eigenvalue weighted by Crippen LogP contribution is -2.52. The largest absolute Gasteiger partial charge is 0.387 e. The number of hydrogen-bond acceptors (Lipinski definition) is 5. The molecule has 0 saturated carbocycles. The fourth-order valence-electron chi connectivity index (χ4n) is 2.88. The van der Waals surface area contributed by atoms with Gasteiger partial charge in [0.05, 0.1) is 10.5 Å². The second kappa shape index (κ2) is 8.64. The zero-order chi connectivity index (χ0) is 17.9. The molecule has 1 atom stereocenters. The van der Waals surface area contributed by atoms with E-state index in [-0.39, 0.29) is 24.9 Å². The molecule has 140 valence electrons. The van der Waals surface area contributed by atoms with Gasteiger partial charge in [0.2, 0.25) is 0 Å². The highest BCUT2D eigenvalue weighted by atomic mass is 35.5. The summed E-state index contributed by atoms with van der Waals surface area (Å²) in [6.07, 6.45) is 1.58. The van der Waals surface area contributed by atoms with E-state index in [0.717, 1.165) is 24.1 Å². The van der Waals surface area contributed by atoms with Crippen molar-refractivity contribution in [3.05, 3.63) is 46.2 Å². The Bertz CT molecular complexity index is 770. The molecule has 1 aromatic carbocycles. The molecule has 3 rings (SSSR count). The van der Waals surface area contributed by atoms with Crippen molar-refractivity contribution >= 4 is 35.6 Å². The summed E-state index contributed by atoms with van der Waals surface area (Å²) >= 11 is 1.30. The Morgan fingerprint density at radius 1 is 1.27 bits per heavy atom. The number of primary amides is 1. The van der Waals surface area contributed by atoms with Gasteiger partial charge in [0.15, 0.2) is 0 Å². The third kappa shape index (κ3) is 4.82. The Morgan fingerprint density at radius 3 is 2.58 bits per heavy atom. The second-order valence-electron chi connectivity index (χ2n) is 6.33. The standard InChI is InChI=1S/C18H21N3O3S.ClH/c19-16(22)15-8-14(9-25-15)12-2-4-13(5-3-12)17(23)21-11-18(24)6-1-7-20-10-18;/h2-5,8-9,20,24H,1,6-7,10-11H2,(H2,19,22)(H,21,23);1H. The van der Waals surface area contributed by atoms with Crippen LogP contribution in [0, 0.1) is 0 Å². The van der Waals surface area contributed by atoms with E-state index in [9.17, 15) is 14.7 Å². The maximum absolute atomic E-state index is 12.3. The van der Waals surface area contributed by atoms with Crippen LogP contribution in [-0.4, -0.2) is 42.2 Å². The number of rotatable bonds is 5. The number of halogens is 1. The van der Waals surface area contributed by atoms with E-state index in [0.29, 0.717) is 23.4 Å². The number of nitrogens with one attached hydrogen (secondary N) is 2. The van der Waals surface area contributed by atoms with E-state index < -0.39 is 11.5 Å².